The Morgan fingerprint density at radius 1 is 0.523 bits per heavy atom. The van der Waals surface area contributed by atoms with Gasteiger partial charge in [0.15, 0.2) is 0 Å². The highest BCUT2D eigenvalue weighted by Gasteiger charge is 2.40. The number of fused-ring (bicyclic) bond motifs is 7. The standard InChI is InChI=1S/C40H38BNO2/c1-23-9-13-30-34(17-23)43-36-21-27(22-37-38(36)41(30)31-14-10-24(2)18-35(31)44-37)42-32-15-11-25(39(3,4)5)19-28(32)29-20-26(40(6,7)8)12-16-33(29)42/h9-22H,1-8H3. The Hall–Kier alpha value is -4.44. The van der Waals surface area contributed by atoms with Crippen molar-refractivity contribution < 1.29 is 9.47 Å². The van der Waals surface area contributed by atoms with E-state index in [1.54, 1.807) is 0 Å². The first-order valence-corrected chi connectivity index (χ1v) is 15.7. The summed E-state index contributed by atoms with van der Waals surface area (Å²) in [7, 11) is 0. The summed E-state index contributed by atoms with van der Waals surface area (Å²) < 4.78 is 15.9. The Bertz CT molecular complexity index is 2030. The fourth-order valence-electron chi connectivity index (χ4n) is 7.06. The van der Waals surface area contributed by atoms with Crippen LogP contribution < -0.4 is 25.9 Å². The van der Waals surface area contributed by atoms with E-state index in [0.29, 0.717) is 0 Å². The van der Waals surface area contributed by atoms with Crippen LogP contribution in [0.2, 0.25) is 0 Å². The molecule has 0 fully saturated rings. The lowest BCUT2D eigenvalue weighted by atomic mass is 9.35. The monoisotopic (exact) mass is 575 g/mol. The third-order valence-electron chi connectivity index (χ3n) is 9.53. The van der Waals surface area contributed by atoms with E-state index in [9.17, 15) is 0 Å². The van der Waals surface area contributed by atoms with E-state index in [1.807, 2.05) is 0 Å². The second kappa shape index (κ2) is 9.05. The van der Waals surface area contributed by atoms with Crippen LogP contribution in [0.1, 0.15) is 63.8 Å². The minimum atomic E-state index is 0.0496. The van der Waals surface area contributed by atoms with Gasteiger partial charge in [0.1, 0.15) is 23.0 Å². The Kier molecular flexibility index (Phi) is 5.58. The number of rotatable bonds is 1. The number of ether oxygens (including phenoxy) is 2. The van der Waals surface area contributed by atoms with Crippen LogP contribution in [0.5, 0.6) is 23.0 Å². The van der Waals surface area contributed by atoms with Gasteiger partial charge in [-0.3, -0.25) is 0 Å². The third-order valence-corrected chi connectivity index (χ3v) is 9.53. The summed E-state index contributed by atoms with van der Waals surface area (Å²) in [5.74, 6) is 3.57. The highest BCUT2D eigenvalue weighted by molar-refractivity contribution is 6.98. The van der Waals surface area contributed by atoms with Gasteiger partial charge in [0.2, 0.25) is 0 Å². The van der Waals surface area contributed by atoms with Gasteiger partial charge in [-0.25, -0.2) is 0 Å². The maximum absolute atomic E-state index is 6.74. The zero-order valence-electron chi connectivity index (χ0n) is 26.9. The number of hydrogen-bond donors (Lipinski definition) is 0. The molecule has 0 atom stereocenters. The van der Waals surface area contributed by atoms with Crippen molar-refractivity contribution in [3.05, 3.63) is 107 Å². The molecule has 0 radical (unpaired) electrons. The molecule has 5 aromatic carbocycles. The largest absolute Gasteiger partial charge is 0.458 e. The molecule has 4 heteroatoms. The summed E-state index contributed by atoms with van der Waals surface area (Å²) in [5.41, 5.74) is 12.0. The summed E-state index contributed by atoms with van der Waals surface area (Å²) in [5, 5.41) is 2.54. The summed E-state index contributed by atoms with van der Waals surface area (Å²) in [6.45, 7) is 18.0. The van der Waals surface area contributed by atoms with Gasteiger partial charge >= 0.3 is 0 Å². The Balaban J connectivity index is 1.42. The molecule has 0 saturated heterocycles. The molecular weight excluding hydrogens is 537 g/mol. The van der Waals surface area contributed by atoms with Gasteiger partial charge in [-0.15, -0.1) is 0 Å². The first kappa shape index (κ1) is 27.1. The van der Waals surface area contributed by atoms with Gasteiger partial charge in [0.25, 0.3) is 6.71 Å². The molecule has 3 heterocycles. The molecule has 0 N–H and O–H groups in total. The Morgan fingerprint density at radius 3 is 1.41 bits per heavy atom. The second-order valence-electron chi connectivity index (χ2n) is 14.9. The first-order chi connectivity index (χ1) is 20.9. The van der Waals surface area contributed by atoms with E-state index in [2.05, 4.69) is 145 Å². The fraction of sp³-hybridized carbons (Fsp3) is 0.250. The number of hydrogen-bond acceptors (Lipinski definition) is 2. The topological polar surface area (TPSA) is 23.4 Å². The van der Waals surface area contributed by atoms with Crippen LogP contribution in [0.4, 0.5) is 0 Å². The summed E-state index contributed by atoms with van der Waals surface area (Å²) in [6, 6.07) is 31.5. The third kappa shape index (κ3) is 4.04. The lowest BCUT2D eigenvalue weighted by Gasteiger charge is -2.33. The minimum absolute atomic E-state index is 0.0496. The van der Waals surface area contributed by atoms with Crippen molar-refractivity contribution in [3.63, 3.8) is 0 Å². The molecule has 0 saturated carbocycles. The van der Waals surface area contributed by atoms with Crippen LogP contribution >= 0.6 is 0 Å². The minimum Gasteiger partial charge on any atom is -0.458 e. The van der Waals surface area contributed by atoms with Gasteiger partial charge in [0, 0.05) is 28.4 Å². The molecule has 0 unspecified atom stereocenters. The summed E-state index contributed by atoms with van der Waals surface area (Å²) in [6.07, 6.45) is 0. The van der Waals surface area contributed by atoms with Crippen molar-refractivity contribution in [1.82, 2.24) is 4.57 Å². The van der Waals surface area contributed by atoms with E-state index >= 15 is 0 Å². The van der Waals surface area contributed by atoms with E-state index < -0.39 is 0 Å². The van der Waals surface area contributed by atoms with Crippen LogP contribution in [0, 0.1) is 13.8 Å². The van der Waals surface area contributed by atoms with E-state index in [0.717, 1.165) is 34.1 Å². The quantitative estimate of drug-likeness (QED) is 0.183. The molecule has 44 heavy (non-hydrogen) atoms. The van der Waals surface area contributed by atoms with Gasteiger partial charge in [-0.1, -0.05) is 77.9 Å². The molecule has 2 aliphatic heterocycles. The van der Waals surface area contributed by atoms with Gasteiger partial charge in [-0.05, 0) is 94.3 Å². The van der Waals surface area contributed by atoms with Crippen molar-refractivity contribution in [2.45, 2.75) is 66.2 Å². The molecule has 3 nitrogen and oxygen atoms in total. The van der Waals surface area contributed by atoms with Crippen molar-refractivity contribution in [1.29, 1.82) is 0 Å². The van der Waals surface area contributed by atoms with Crippen molar-refractivity contribution in [3.8, 4) is 28.7 Å². The number of aryl methyl sites for hydroxylation is 2. The fourth-order valence-corrected chi connectivity index (χ4v) is 7.06. The molecule has 6 aromatic rings. The summed E-state index contributed by atoms with van der Waals surface area (Å²) >= 11 is 0. The molecular formula is C40H38BNO2. The maximum atomic E-state index is 6.74. The van der Waals surface area contributed by atoms with Crippen molar-refractivity contribution >= 4 is 44.9 Å². The van der Waals surface area contributed by atoms with Gasteiger partial charge in [-0.2, -0.15) is 0 Å². The predicted octanol–water partition coefficient (Wildman–Crippen LogP) is 8.72. The van der Waals surface area contributed by atoms with Crippen molar-refractivity contribution in [2.75, 3.05) is 0 Å². The molecule has 2 aliphatic rings. The lowest BCUT2D eigenvalue weighted by molar-refractivity contribution is 0.464. The molecule has 1 aromatic heterocycles. The number of benzene rings is 5. The molecule has 0 spiro atoms. The first-order valence-electron chi connectivity index (χ1n) is 15.7. The van der Waals surface area contributed by atoms with E-state index in [4.69, 9.17) is 9.47 Å². The molecule has 8 rings (SSSR count). The molecule has 0 bridgehead atoms. The summed E-state index contributed by atoms with van der Waals surface area (Å²) in [4.78, 5) is 0. The predicted molar refractivity (Wildman–Crippen MR) is 185 cm³/mol. The highest BCUT2D eigenvalue weighted by Crippen LogP contribution is 2.41. The van der Waals surface area contributed by atoms with Gasteiger partial charge < -0.3 is 14.0 Å². The lowest BCUT2D eigenvalue weighted by Crippen LogP contribution is -2.57. The van der Waals surface area contributed by atoms with Crippen LogP contribution in [0.25, 0.3) is 27.5 Å². The van der Waals surface area contributed by atoms with Crippen LogP contribution in [-0.4, -0.2) is 11.3 Å². The average molecular weight is 576 g/mol. The van der Waals surface area contributed by atoms with Crippen molar-refractivity contribution in [2.24, 2.45) is 0 Å². The number of nitrogens with zero attached hydrogens (tertiary/aromatic N) is 1. The maximum Gasteiger partial charge on any atom is 0.260 e. The van der Waals surface area contributed by atoms with Gasteiger partial charge in [0.05, 0.1) is 16.7 Å². The molecule has 0 aliphatic carbocycles. The van der Waals surface area contributed by atoms with Crippen LogP contribution in [0.15, 0.2) is 84.9 Å². The zero-order valence-corrected chi connectivity index (χ0v) is 26.9. The molecule has 0 amide bonds. The Morgan fingerprint density at radius 2 is 0.977 bits per heavy atom. The second-order valence-corrected chi connectivity index (χ2v) is 14.9. The smallest absolute Gasteiger partial charge is 0.260 e. The highest BCUT2D eigenvalue weighted by atomic mass is 16.5. The number of aromatic nitrogens is 1. The SMILES string of the molecule is Cc1ccc2c(c1)Oc1cc(-n3c4ccc(C(C)(C)C)cc4c4cc(C(C)(C)C)ccc43)cc3c1B2c1ccc(C)cc1O3. The van der Waals surface area contributed by atoms with Crippen LogP contribution in [-0.2, 0) is 10.8 Å². The zero-order chi connectivity index (χ0) is 30.7. The average Bonchev–Trinajstić information content (AvgIpc) is 3.28. The van der Waals surface area contributed by atoms with E-state index in [-0.39, 0.29) is 17.5 Å². The Labute approximate surface area is 260 Å². The molecule has 218 valence electrons. The van der Waals surface area contributed by atoms with E-state index in [1.165, 1.54) is 55.0 Å². The van der Waals surface area contributed by atoms with Crippen LogP contribution in [0.3, 0.4) is 0 Å². The normalized spacial score (nSPS) is 13.8.